The molecular formula is C33H34F2N4O8. The minimum absolute atomic E-state index is 0.0247. The van der Waals surface area contributed by atoms with Crippen molar-refractivity contribution >= 4 is 40.2 Å². The van der Waals surface area contributed by atoms with Crippen LogP contribution in [0.15, 0.2) is 41.3 Å². The summed E-state index contributed by atoms with van der Waals surface area (Å²) in [5.41, 5.74) is -1.44. The number of nitrogens with one attached hydrogen (secondary N) is 1. The van der Waals surface area contributed by atoms with E-state index in [1.54, 1.807) is 15.5 Å². The lowest BCUT2D eigenvalue weighted by Gasteiger charge is -2.28. The maximum Gasteiger partial charge on any atom is 0.414 e. The van der Waals surface area contributed by atoms with Gasteiger partial charge in [-0.15, -0.1) is 0 Å². The predicted octanol–water partition coefficient (Wildman–Crippen LogP) is 3.43. The zero-order valence-corrected chi connectivity index (χ0v) is 25.6. The molecule has 3 unspecified atom stereocenters. The molecule has 248 valence electrons. The van der Waals surface area contributed by atoms with Crippen molar-refractivity contribution < 1.29 is 42.9 Å². The zero-order valence-electron chi connectivity index (χ0n) is 25.6. The number of aromatic nitrogens is 1. The van der Waals surface area contributed by atoms with E-state index in [-0.39, 0.29) is 72.7 Å². The van der Waals surface area contributed by atoms with Crippen molar-refractivity contribution in [2.24, 2.45) is 11.8 Å². The standard InChI is InChI=1S/C33H34F2N4O8/c1-17(40)36-13-19-14-38(32(44)47-19)18-3-4-28(25(35)9-18)46-16-33(45)5-2-7-37(8-6-33)27-12-26-22(11-24(27)34)30(41)23(31(42)43)15-39(26)29-20-10-21(20)29/h3-4,9,11-12,15,19-21,29,45H,2,5-8,10,13-14,16H2,1H3,(H,36,40)(H,42,43)/t19-,20?,21?,29?,33?/m0/s1. The molecule has 2 aliphatic carbocycles. The molecule has 2 aromatic carbocycles. The first kappa shape index (κ1) is 30.9. The van der Waals surface area contributed by atoms with Crippen LogP contribution in [0.25, 0.3) is 10.9 Å². The summed E-state index contributed by atoms with van der Waals surface area (Å²) in [6, 6.07) is 6.84. The summed E-state index contributed by atoms with van der Waals surface area (Å²) in [7, 11) is 0. The maximum absolute atomic E-state index is 15.5. The molecule has 3 N–H and O–H groups in total. The number of carbonyl (C=O) groups excluding carboxylic acids is 2. The molecule has 2 saturated carbocycles. The third kappa shape index (κ3) is 5.86. The largest absolute Gasteiger partial charge is 0.488 e. The van der Waals surface area contributed by atoms with Crippen LogP contribution in [-0.2, 0) is 9.53 Å². The van der Waals surface area contributed by atoms with E-state index >= 15 is 8.78 Å². The fraction of sp³-hybridized carbons (Fsp3) is 0.455. The highest BCUT2D eigenvalue weighted by Gasteiger charge is 2.65. The van der Waals surface area contributed by atoms with Gasteiger partial charge in [0.15, 0.2) is 11.6 Å². The Morgan fingerprint density at radius 1 is 1.11 bits per heavy atom. The number of carbonyl (C=O) groups is 3. The first-order valence-electron chi connectivity index (χ1n) is 15.7. The molecule has 2 aliphatic heterocycles. The molecule has 3 aromatic rings. The van der Waals surface area contributed by atoms with Crippen LogP contribution in [0.3, 0.4) is 0 Å². The average molecular weight is 653 g/mol. The number of benzene rings is 2. The van der Waals surface area contributed by atoms with Crippen molar-refractivity contribution in [3.05, 3.63) is 63.9 Å². The Morgan fingerprint density at radius 2 is 1.89 bits per heavy atom. The van der Waals surface area contributed by atoms with E-state index in [0.29, 0.717) is 36.7 Å². The van der Waals surface area contributed by atoms with Crippen molar-refractivity contribution in [1.29, 1.82) is 0 Å². The van der Waals surface area contributed by atoms with Crippen LogP contribution < -0.4 is 25.3 Å². The molecule has 2 saturated heterocycles. The number of carboxylic acid groups (broad SMARTS) is 1. The van der Waals surface area contributed by atoms with Crippen LogP contribution in [0.4, 0.5) is 25.0 Å². The third-order valence-electron chi connectivity index (χ3n) is 9.71. The Bertz CT molecular complexity index is 1860. The maximum atomic E-state index is 15.5. The quantitative estimate of drug-likeness (QED) is 0.316. The number of aliphatic hydroxyl groups is 1. The topological polar surface area (TPSA) is 151 Å². The second-order valence-corrected chi connectivity index (χ2v) is 13.0. The van der Waals surface area contributed by atoms with Gasteiger partial charge in [0.2, 0.25) is 11.3 Å². The van der Waals surface area contributed by atoms with Crippen LogP contribution in [0.5, 0.6) is 5.75 Å². The number of fused-ring (bicyclic) bond motifs is 2. The Morgan fingerprint density at radius 3 is 2.57 bits per heavy atom. The van der Waals surface area contributed by atoms with Crippen molar-refractivity contribution in [3.63, 3.8) is 0 Å². The molecule has 1 aromatic heterocycles. The number of nitrogens with zero attached hydrogens (tertiary/aromatic N) is 3. The molecule has 4 atom stereocenters. The molecule has 0 radical (unpaired) electrons. The summed E-state index contributed by atoms with van der Waals surface area (Å²) < 4.78 is 43.4. The van der Waals surface area contributed by atoms with Crippen LogP contribution in [0, 0.1) is 23.5 Å². The van der Waals surface area contributed by atoms with E-state index in [1.807, 2.05) is 0 Å². The van der Waals surface area contributed by atoms with Gasteiger partial charge in [0, 0.05) is 43.7 Å². The van der Waals surface area contributed by atoms with Gasteiger partial charge in [0.05, 0.1) is 30.0 Å². The minimum Gasteiger partial charge on any atom is -0.488 e. The lowest BCUT2D eigenvalue weighted by molar-refractivity contribution is -0.119. The minimum atomic E-state index is -1.35. The number of anilines is 2. The first-order chi connectivity index (χ1) is 22.4. The second kappa shape index (κ2) is 11.5. The van der Waals surface area contributed by atoms with Crippen LogP contribution >= 0.6 is 0 Å². The summed E-state index contributed by atoms with van der Waals surface area (Å²) in [6.07, 6.45) is 2.18. The number of halogens is 2. The van der Waals surface area contributed by atoms with E-state index < -0.39 is 40.8 Å². The zero-order chi connectivity index (χ0) is 33.2. The highest BCUT2D eigenvalue weighted by atomic mass is 19.1. The number of carboxylic acids is 1. The number of ether oxygens (including phenoxy) is 2. The normalized spacial score (nSPS) is 26.4. The first-order valence-corrected chi connectivity index (χ1v) is 15.7. The molecule has 47 heavy (non-hydrogen) atoms. The van der Waals surface area contributed by atoms with Crippen molar-refractivity contribution in [1.82, 2.24) is 9.88 Å². The SMILES string of the molecule is CC(=O)NC[C@H]1CN(c2ccc(OCC3(O)CCCN(c4cc5c(cc4F)c(=O)c(C(=O)O)cn5C4C5CC54)CC3)c(F)c2)C(=O)O1. The summed E-state index contributed by atoms with van der Waals surface area (Å²) in [4.78, 5) is 51.2. The fourth-order valence-electron chi connectivity index (χ4n) is 6.80. The van der Waals surface area contributed by atoms with Gasteiger partial charge >= 0.3 is 12.1 Å². The summed E-state index contributed by atoms with van der Waals surface area (Å²) >= 11 is 0. The molecule has 7 rings (SSSR count). The number of pyridine rings is 1. The van der Waals surface area contributed by atoms with Gasteiger partial charge < -0.3 is 34.5 Å². The number of aromatic carboxylic acids is 1. The number of amides is 2. The number of rotatable bonds is 9. The Kier molecular flexibility index (Phi) is 7.57. The van der Waals surface area contributed by atoms with E-state index in [9.17, 15) is 29.4 Å². The fourth-order valence-corrected chi connectivity index (χ4v) is 6.80. The molecule has 2 amide bonds. The lowest BCUT2D eigenvalue weighted by atomic mass is 9.96. The number of hydrogen-bond donors (Lipinski definition) is 3. The Balaban J connectivity index is 1.03. The molecule has 4 fully saturated rings. The van der Waals surface area contributed by atoms with Crippen LogP contribution in [0.2, 0.25) is 0 Å². The highest BCUT2D eigenvalue weighted by Crippen LogP contribution is 2.71. The summed E-state index contributed by atoms with van der Waals surface area (Å²) in [5, 5.41) is 23.6. The smallest absolute Gasteiger partial charge is 0.414 e. The van der Waals surface area contributed by atoms with Gasteiger partial charge in [-0.25, -0.2) is 18.4 Å². The Hall–Kier alpha value is -4.72. The van der Waals surface area contributed by atoms with Gasteiger partial charge in [0.25, 0.3) is 0 Å². The van der Waals surface area contributed by atoms with E-state index in [0.717, 1.165) is 18.6 Å². The molecule has 12 nitrogen and oxygen atoms in total. The highest BCUT2D eigenvalue weighted by molar-refractivity contribution is 5.94. The molecule has 0 bridgehead atoms. The molecule has 0 spiro atoms. The van der Waals surface area contributed by atoms with Crippen LogP contribution in [0.1, 0.15) is 49.0 Å². The Labute approximate surface area is 267 Å². The van der Waals surface area contributed by atoms with E-state index in [2.05, 4.69) is 5.32 Å². The molecular weight excluding hydrogens is 618 g/mol. The third-order valence-corrected chi connectivity index (χ3v) is 9.71. The van der Waals surface area contributed by atoms with Gasteiger partial charge in [-0.2, -0.15) is 0 Å². The molecule has 14 heteroatoms. The summed E-state index contributed by atoms with van der Waals surface area (Å²) in [6.45, 7) is 2.08. The van der Waals surface area contributed by atoms with Crippen molar-refractivity contribution in [3.8, 4) is 5.75 Å². The van der Waals surface area contributed by atoms with Gasteiger partial charge in [-0.05, 0) is 61.8 Å². The second-order valence-electron chi connectivity index (χ2n) is 13.0. The van der Waals surface area contributed by atoms with Crippen molar-refractivity contribution in [2.45, 2.75) is 50.4 Å². The predicted molar refractivity (Wildman–Crippen MR) is 165 cm³/mol. The number of hydrogen-bond acceptors (Lipinski definition) is 8. The molecule has 3 heterocycles. The lowest BCUT2D eigenvalue weighted by Crippen LogP contribution is -2.37. The van der Waals surface area contributed by atoms with E-state index in [1.165, 1.54) is 30.2 Å². The van der Waals surface area contributed by atoms with Gasteiger partial charge in [-0.3, -0.25) is 14.5 Å². The van der Waals surface area contributed by atoms with Gasteiger partial charge in [0.1, 0.15) is 29.7 Å². The summed E-state index contributed by atoms with van der Waals surface area (Å²) in [5.74, 6) is -2.20. The van der Waals surface area contributed by atoms with Gasteiger partial charge in [-0.1, -0.05) is 0 Å². The van der Waals surface area contributed by atoms with E-state index in [4.69, 9.17) is 9.47 Å². The monoisotopic (exact) mass is 652 g/mol. The number of cyclic esters (lactones) is 1. The molecule has 4 aliphatic rings. The average Bonchev–Trinajstić information content (AvgIpc) is 3.92. The van der Waals surface area contributed by atoms with Crippen LogP contribution in [-0.4, -0.2) is 77.2 Å². The van der Waals surface area contributed by atoms with Crippen molar-refractivity contribution in [2.75, 3.05) is 42.6 Å².